The van der Waals surface area contributed by atoms with Crippen LogP contribution in [-0.4, -0.2) is 50.2 Å². The number of amides is 1. The van der Waals surface area contributed by atoms with E-state index in [1.807, 2.05) is 19.1 Å². The molecule has 1 saturated heterocycles. The van der Waals surface area contributed by atoms with Gasteiger partial charge >= 0.3 is 6.09 Å². The van der Waals surface area contributed by atoms with Crippen LogP contribution < -0.4 is 15.8 Å². The minimum absolute atomic E-state index is 0.0642. The molecule has 184 valence electrons. The van der Waals surface area contributed by atoms with Crippen LogP contribution in [0.3, 0.4) is 0 Å². The molecule has 3 heterocycles. The summed E-state index contributed by atoms with van der Waals surface area (Å²) in [4.78, 5) is 26.1. The number of nitrogens with one attached hydrogen (secondary N) is 1. The lowest BCUT2D eigenvalue weighted by Crippen LogP contribution is -2.44. The highest BCUT2D eigenvalue weighted by Crippen LogP contribution is 2.38. The third-order valence-corrected chi connectivity index (χ3v) is 6.26. The molecule has 4 aromatic rings. The van der Waals surface area contributed by atoms with Crippen molar-refractivity contribution in [2.45, 2.75) is 25.8 Å². The molecule has 0 unspecified atom stereocenters. The smallest absolute Gasteiger partial charge is 0.407 e. The highest BCUT2D eigenvalue weighted by Gasteiger charge is 2.24. The molecule has 5 rings (SSSR count). The van der Waals surface area contributed by atoms with Gasteiger partial charge in [-0.3, -0.25) is 0 Å². The molecule has 4 N–H and O–H groups in total. The number of nitrogens with two attached hydrogens (primary N) is 1. The van der Waals surface area contributed by atoms with Gasteiger partial charge < -0.3 is 25.8 Å². The van der Waals surface area contributed by atoms with Crippen LogP contribution in [0.5, 0.6) is 11.6 Å². The molecule has 1 aliphatic rings. The number of rotatable bonds is 5. The van der Waals surface area contributed by atoms with E-state index in [0.717, 1.165) is 18.4 Å². The molecule has 0 spiro atoms. The van der Waals surface area contributed by atoms with E-state index in [4.69, 9.17) is 10.5 Å². The van der Waals surface area contributed by atoms with Crippen LogP contribution in [0, 0.1) is 12.7 Å². The molecule has 0 radical (unpaired) electrons. The molecular formula is C26H25FN6O3. The number of nitrogen functional groups attached to an aromatic ring is 1. The van der Waals surface area contributed by atoms with Gasteiger partial charge in [-0.15, -0.1) is 0 Å². The van der Waals surface area contributed by atoms with Crippen molar-refractivity contribution in [3.8, 4) is 22.9 Å². The van der Waals surface area contributed by atoms with Crippen molar-refractivity contribution in [1.82, 2.24) is 19.9 Å². The number of aromatic nitrogens is 3. The van der Waals surface area contributed by atoms with Gasteiger partial charge in [0, 0.05) is 42.3 Å². The van der Waals surface area contributed by atoms with Crippen molar-refractivity contribution in [3.05, 3.63) is 66.2 Å². The predicted octanol–water partition coefficient (Wildman–Crippen LogP) is 5.07. The third-order valence-electron chi connectivity index (χ3n) is 6.26. The number of nitrogens with zero attached hydrogens (tertiary/aromatic N) is 4. The second-order valence-corrected chi connectivity index (χ2v) is 8.70. The fourth-order valence-electron chi connectivity index (χ4n) is 4.41. The van der Waals surface area contributed by atoms with Crippen LogP contribution in [0.15, 0.2) is 54.9 Å². The summed E-state index contributed by atoms with van der Waals surface area (Å²) in [6.07, 6.45) is 3.91. The molecule has 0 aliphatic carbocycles. The van der Waals surface area contributed by atoms with Crippen molar-refractivity contribution < 1.29 is 19.0 Å². The maximum atomic E-state index is 14.0. The van der Waals surface area contributed by atoms with Crippen LogP contribution in [-0.2, 0) is 0 Å². The van der Waals surface area contributed by atoms with Gasteiger partial charge in [0.05, 0.1) is 16.9 Å². The second kappa shape index (κ2) is 9.65. The first-order valence-corrected chi connectivity index (χ1v) is 11.6. The monoisotopic (exact) mass is 488 g/mol. The second-order valence-electron chi connectivity index (χ2n) is 8.70. The first kappa shape index (κ1) is 23.3. The molecule has 2 aromatic heterocycles. The number of carbonyl (C=O) groups is 1. The van der Waals surface area contributed by atoms with Gasteiger partial charge in [0.25, 0.3) is 0 Å². The summed E-state index contributed by atoms with van der Waals surface area (Å²) in [6, 6.07) is 11.9. The number of fused-ring (bicyclic) bond motifs is 1. The average molecular weight is 489 g/mol. The lowest BCUT2D eigenvalue weighted by molar-refractivity contribution is 0.132. The maximum absolute atomic E-state index is 14.0. The number of likely N-dealkylation sites (tertiary alicyclic amines) is 1. The van der Waals surface area contributed by atoms with Crippen molar-refractivity contribution in [2.24, 2.45) is 0 Å². The third kappa shape index (κ3) is 4.57. The SMILES string of the molecule is Cc1ccc2c(N)c(F)ccc2c1Oc1ncccc1-c1ccnc(N[C@H]2CCCN(C(=O)O)C2)n1. The standard InChI is InChI=1S/C26H25FN6O3/c1-15-6-7-17-18(8-9-20(27)22(17)28)23(15)36-24-19(5-2-11-29-24)21-10-12-30-25(32-21)31-16-4-3-13-33(14-16)26(34)35/h2,5-12,16H,3-4,13-14,28H2,1H3,(H,34,35)(H,30,31,32)/t16-/m0/s1. The minimum atomic E-state index is -0.929. The van der Waals surface area contributed by atoms with Gasteiger partial charge in [0.15, 0.2) is 0 Å². The van der Waals surface area contributed by atoms with Crippen LogP contribution in [0.2, 0.25) is 0 Å². The van der Waals surface area contributed by atoms with E-state index >= 15 is 0 Å². The molecule has 0 saturated carbocycles. The highest BCUT2D eigenvalue weighted by atomic mass is 19.1. The molecule has 1 atom stereocenters. The number of hydrogen-bond donors (Lipinski definition) is 3. The van der Waals surface area contributed by atoms with Crippen molar-refractivity contribution in [2.75, 3.05) is 24.1 Å². The number of piperidine rings is 1. The summed E-state index contributed by atoms with van der Waals surface area (Å²) in [6.45, 7) is 2.79. The average Bonchev–Trinajstić information content (AvgIpc) is 2.88. The van der Waals surface area contributed by atoms with Crippen molar-refractivity contribution >= 4 is 28.5 Å². The lowest BCUT2D eigenvalue weighted by atomic mass is 10.0. The Balaban J connectivity index is 1.46. The van der Waals surface area contributed by atoms with Gasteiger partial charge in [0.1, 0.15) is 11.6 Å². The minimum Gasteiger partial charge on any atom is -0.465 e. The van der Waals surface area contributed by atoms with Crippen LogP contribution in [0.25, 0.3) is 22.0 Å². The van der Waals surface area contributed by atoms with E-state index in [-0.39, 0.29) is 11.7 Å². The number of halogens is 1. The van der Waals surface area contributed by atoms with Crippen LogP contribution in [0.4, 0.5) is 20.8 Å². The quantitative estimate of drug-likeness (QED) is 0.333. The normalized spacial score (nSPS) is 15.6. The van der Waals surface area contributed by atoms with Gasteiger partial charge in [-0.25, -0.2) is 24.1 Å². The molecule has 1 amide bonds. The zero-order valence-corrected chi connectivity index (χ0v) is 19.6. The van der Waals surface area contributed by atoms with E-state index in [1.54, 1.807) is 36.7 Å². The van der Waals surface area contributed by atoms with E-state index in [1.165, 1.54) is 11.0 Å². The molecule has 36 heavy (non-hydrogen) atoms. The summed E-state index contributed by atoms with van der Waals surface area (Å²) in [5.74, 6) is 0.767. The largest absolute Gasteiger partial charge is 0.465 e. The van der Waals surface area contributed by atoms with Crippen LogP contribution in [0.1, 0.15) is 18.4 Å². The Morgan fingerprint density at radius 3 is 2.83 bits per heavy atom. The maximum Gasteiger partial charge on any atom is 0.407 e. The number of ether oxygens (including phenoxy) is 1. The first-order chi connectivity index (χ1) is 17.4. The fourth-order valence-corrected chi connectivity index (χ4v) is 4.41. The fraction of sp³-hybridized carbons (Fsp3) is 0.231. The highest BCUT2D eigenvalue weighted by molar-refractivity contribution is 5.98. The molecule has 1 aliphatic heterocycles. The summed E-state index contributed by atoms with van der Waals surface area (Å²) in [5, 5.41) is 13.8. The molecule has 0 bridgehead atoms. The molecule has 1 fully saturated rings. The number of benzene rings is 2. The Kier molecular flexibility index (Phi) is 6.24. The van der Waals surface area contributed by atoms with E-state index < -0.39 is 11.9 Å². The van der Waals surface area contributed by atoms with E-state index in [0.29, 0.717) is 52.7 Å². The Morgan fingerprint density at radius 2 is 2.00 bits per heavy atom. The number of anilines is 2. The molecule has 2 aromatic carbocycles. The number of carboxylic acid groups (broad SMARTS) is 1. The molecular weight excluding hydrogens is 463 g/mol. The van der Waals surface area contributed by atoms with Gasteiger partial charge in [-0.1, -0.05) is 12.1 Å². The van der Waals surface area contributed by atoms with Crippen molar-refractivity contribution in [1.29, 1.82) is 0 Å². The topological polar surface area (TPSA) is 126 Å². The number of aryl methyl sites for hydroxylation is 1. The Hall–Kier alpha value is -4.47. The Labute approximate surface area is 206 Å². The summed E-state index contributed by atoms with van der Waals surface area (Å²) in [5.41, 5.74) is 8.10. The Bertz CT molecular complexity index is 1450. The Morgan fingerprint density at radius 1 is 1.17 bits per heavy atom. The summed E-state index contributed by atoms with van der Waals surface area (Å²) >= 11 is 0. The van der Waals surface area contributed by atoms with E-state index in [9.17, 15) is 14.3 Å². The zero-order valence-electron chi connectivity index (χ0n) is 19.6. The van der Waals surface area contributed by atoms with E-state index in [2.05, 4.69) is 20.3 Å². The number of hydrogen-bond acceptors (Lipinski definition) is 7. The van der Waals surface area contributed by atoms with Gasteiger partial charge in [-0.2, -0.15) is 0 Å². The van der Waals surface area contributed by atoms with Crippen LogP contribution >= 0.6 is 0 Å². The predicted molar refractivity (Wildman–Crippen MR) is 135 cm³/mol. The summed E-state index contributed by atoms with van der Waals surface area (Å²) < 4.78 is 20.3. The first-order valence-electron chi connectivity index (χ1n) is 11.6. The van der Waals surface area contributed by atoms with Gasteiger partial charge in [0.2, 0.25) is 11.8 Å². The number of pyridine rings is 1. The molecule has 10 heteroatoms. The zero-order chi connectivity index (χ0) is 25.2. The lowest BCUT2D eigenvalue weighted by Gasteiger charge is -2.31. The molecule has 9 nitrogen and oxygen atoms in total. The van der Waals surface area contributed by atoms with Crippen molar-refractivity contribution in [3.63, 3.8) is 0 Å². The van der Waals surface area contributed by atoms with Gasteiger partial charge in [-0.05, 0) is 55.7 Å². The summed E-state index contributed by atoms with van der Waals surface area (Å²) in [7, 11) is 0.